The second-order valence-corrected chi connectivity index (χ2v) is 3.96. The first-order valence-corrected chi connectivity index (χ1v) is 6.25. The van der Waals surface area contributed by atoms with Crippen LogP contribution in [0, 0.1) is 6.58 Å². The molecule has 2 heterocycles. The zero-order chi connectivity index (χ0) is 11.5. The molecular weight excluding hydrogens is 372 g/mol. The van der Waals surface area contributed by atoms with Gasteiger partial charge in [0.15, 0.2) is 0 Å². The first kappa shape index (κ1) is 11.0. The van der Waals surface area contributed by atoms with Crippen molar-refractivity contribution in [3.8, 4) is 0 Å². The van der Waals surface area contributed by atoms with Crippen LogP contribution in [-0.4, -0.2) is 19.4 Å². The number of fused-ring (bicyclic) bond motifs is 1. The van der Waals surface area contributed by atoms with Gasteiger partial charge in [-0.15, -0.1) is 0 Å². The predicted octanol–water partition coefficient (Wildman–Crippen LogP) is 1.26. The minimum absolute atomic E-state index is 0.473. The van der Waals surface area contributed by atoms with Crippen LogP contribution in [0.1, 0.15) is 5.56 Å². The Morgan fingerprint density at radius 3 is 3.00 bits per heavy atom. The van der Waals surface area contributed by atoms with Crippen molar-refractivity contribution in [3.63, 3.8) is 0 Å². The standard InChI is InChI=1S/C11H9N4.W/c1-3-4-7(2)8-5-13-11-9(8)10(12)14-6-15-11;/h1-6H,(H3,12,13,14,15);/q-1;/b7-4+;. The predicted molar refractivity (Wildman–Crippen MR) is 61.2 cm³/mol. The summed E-state index contributed by atoms with van der Waals surface area (Å²) in [5.74, 6) is 0.473. The maximum absolute atomic E-state index is 5.84. The quantitative estimate of drug-likeness (QED) is 0.622. The van der Waals surface area contributed by atoms with Gasteiger partial charge in [-0.1, -0.05) is 0 Å². The maximum atomic E-state index is 5.84. The van der Waals surface area contributed by atoms with Crippen LogP contribution in [0.2, 0.25) is 0 Å². The summed E-state index contributed by atoms with van der Waals surface area (Å²) in [5, 5.41) is 0.841. The summed E-state index contributed by atoms with van der Waals surface area (Å²) in [7, 11) is 0. The Hall–Kier alpha value is -1.54. The summed E-state index contributed by atoms with van der Waals surface area (Å²) in [6.45, 7) is 5.41. The Labute approximate surface area is 104 Å². The van der Waals surface area contributed by atoms with Crippen molar-refractivity contribution in [1.29, 1.82) is 0 Å². The van der Waals surface area contributed by atoms with Crippen LogP contribution < -0.4 is 5.73 Å². The molecule has 2 aromatic heterocycles. The van der Waals surface area contributed by atoms with Crippen LogP contribution in [0.15, 0.2) is 24.7 Å². The number of H-pyrrole nitrogens is 1. The van der Waals surface area contributed by atoms with E-state index in [1.165, 1.54) is 31.8 Å². The summed E-state index contributed by atoms with van der Waals surface area (Å²) < 4.78 is 2.04. The number of rotatable bonds is 3. The number of nitrogens with one attached hydrogen (secondary N) is 1. The molecule has 2 aromatic rings. The Bertz CT molecular complexity index is 583. The number of aromatic nitrogens is 3. The van der Waals surface area contributed by atoms with Gasteiger partial charge >= 0.3 is 104 Å². The zero-order valence-electron chi connectivity index (χ0n) is 8.34. The molecule has 0 spiro atoms. The summed E-state index contributed by atoms with van der Waals surface area (Å²) in [5.41, 5.74) is 8.58. The van der Waals surface area contributed by atoms with Crippen LogP contribution in [0.3, 0.4) is 0 Å². The van der Waals surface area contributed by atoms with Gasteiger partial charge in [-0.25, -0.2) is 0 Å². The van der Waals surface area contributed by atoms with Crippen LogP contribution in [0.25, 0.3) is 16.6 Å². The van der Waals surface area contributed by atoms with Gasteiger partial charge in [0, 0.05) is 0 Å². The molecule has 0 radical (unpaired) electrons. The third-order valence-electron chi connectivity index (χ3n) is 2.21. The Morgan fingerprint density at radius 1 is 1.50 bits per heavy atom. The molecule has 0 atom stereocenters. The van der Waals surface area contributed by atoms with Crippen molar-refractivity contribution < 1.29 is 19.4 Å². The van der Waals surface area contributed by atoms with Crippen LogP contribution >= 0.6 is 0 Å². The molecule has 4 nitrogen and oxygen atoms in total. The number of nitrogens with zero attached hydrogens (tertiary/aromatic N) is 2. The van der Waals surface area contributed by atoms with E-state index >= 15 is 0 Å². The average molecular weight is 381 g/mol. The molecule has 2 rings (SSSR count). The van der Waals surface area contributed by atoms with Gasteiger partial charge < -0.3 is 0 Å². The van der Waals surface area contributed by atoms with Crippen molar-refractivity contribution in [2.45, 2.75) is 0 Å². The van der Waals surface area contributed by atoms with Crippen LogP contribution in [-0.2, 0) is 19.4 Å². The van der Waals surface area contributed by atoms with Gasteiger partial charge in [-0.2, -0.15) is 0 Å². The van der Waals surface area contributed by atoms with Crippen molar-refractivity contribution in [3.05, 3.63) is 36.8 Å². The van der Waals surface area contributed by atoms with E-state index in [4.69, 9.17) is 12.3 Å². The molecule has 0 bridgehead atoms. The number of allylic oxidation sites excluding steroid dienone is 3. The number of anilines is 1. The third-order valence-corrected chi connectivity index (χ3v) is 3.13. The van der Waals surface area contributed by atoms with Crippen LogP contribution in [0.4, 0.5) is 5.82 Å². The molecule has 0 aromatic carbocycles. The van der Waals surface area contributed by atoms with E-state index in [0.717, 1.165) is 22.2 Å². The number of nitrogens with two attached hydrogens (primary N) is 1. The first-order valence-electron chi connectivity index (χ1n) is 4.56. The van der Waals surface area contributed by atoms with Gasteiger partial charge in [0.2, 0.25) is 0 Å². The van der Waals surface area contributed by atoms with Gasteiger partial charge in [-0.3, -0.25) is 0 Å². The summed E-state index contributed by atoms with van der Waals surface area (Å²) in [4.78, 5) is 11.2. The van der Waals surface area contributed by atoms with Crippen molar-refractivity contribution >= 4 is 26.8 Å². The SMILES string of the molecule is [CH-]=C/C=C(\[CH]=[W])c1c[nH]c2ncnc(N)c12. The fourth-order valence-corrected chi connectivity index (χ4v) is 2.25. The fourth-order valence-electron chi connectivity index (χ4n) is 1.51. The van der Waals surface area contributed by atoms with E-state index in [-0.39, 0.29) is 0 Å². The number of hydrogen-bond acceptors (Lipinski definition) is 3. The fraction of sp³-hybridized carbons (Fsp3) is 0. The van der Waals surface area contributed by atoms with E-state index < -0.39 is 0 Å². The van der Waals surface area contributed by atoms with Crippen molar-refractivity contribution in [2.24, 2.45) is 0 Å². The van der Waals surface area contributed by atoms with Gasteiger partial charge in [0.25, 0.3) is 0 Å². The number of hydrogen-bond donors (Lipinski definition) is 2. The molecule has 0 unspecified atom stereocenters. The second-order valence-electron chi connectivity index (χ2n) is 3.12. The monoisotopic (exact) mass is 381 g/mol. The number of aromatic amines is 1. The summed E-state index contributed by atoms with van der Waals surface area (Å²) in [6, 6.07) is 0. The summed E-state index contributed by atoms with van der Waals surface area (Å²) in [6.07, 6.45) is 6.65. The molecule has 16 heavy (non-hydrogen) atoms. The Balaban J connectivity index is 2.74. The molecule has 0 fully saturated rings. The van der Waals surface area contributed by atoms with Crippen molar-refractivity contribution in [1.82, 2.24) is 15.0 Å². The van der Waals surface area contributed by atoms with E-state index in [0.29, 0.717) is 5.82 Å². The van der Waals surface area contributed by atoms with E-state index in [9.17, 15) is 0 Å². The molecule has 80 valence electrons. The van der Waals surface area contributed by atoms with Gasteiger partial charge in [0.05, 0.1) is 0 Å². The average Bonchev–Trinajstić information content (AvgIpc) is 2.71. The Kier molecular flexibility index (Phi) is 3.11. The van der Waals surface area contributed by atoms with E-state index in [1.54, 1.807) is 0 Å². The van der Waals surface area contributed by atoms with Crippen molar-refractivity contribution in [2.75, 3.05) is 5.73 Å². The Morgan fingerprint density at radius 2 is 2.31 bits per heavy atom. The van der Waals surface area contributed by atoms with E-state index in [2.05, 4.69) is 15.0 Å². The molecule has 3 N–H and O–H groups in total. The minimum atomic E-state index is 0.473. The van der Waals surface area contributed by atoms with E-state index in [1.807, 2.05) is 16.7 Å². The first-order chi connectivity index (χ1) is 7.77. The molecule has 0 aliphatic heterocycles. The van der Waals surface area contributed by atoms with Gasteiger partial charge in [0.1, 0.15) is 0 Å². The molecule has 5 heteroatoms. The second kappa shape index (κ2) is 4.54. The normalized spacial score (nSPS) is 11.6. The summed E-state index contributed by atoms with van der Waals surface area (Å²) >= 11 is 1.34. The number of nitrogen functional groups attached to an aromatic ring is 1. The third kappa shape index (κ3) is 1.76. The molecule has 0 aliphatic carbocycles. The van der Waals surface area contributed by atoms with Crippen LogP contribution in [0.5, 0.6) is 0 Å². The molecule has 0 saturated carbocycles. The van der Waals surface area contributed by atoms with Gasteiger partial charge in [-0.05, 0) is 0 Å². The molecule has 0 aliphatic rings. The zero-order valence-corrected chi connectivity index (χ0v) is 11.3. The molecular formula is C11H9N4W-. The molecule has 0 amide bonds. The molecule has 0 saturated heterocycles. The topological polar surface area (TPSA) is 67.6 Å².